The summed E-state index contributed by atoms with van der Waals surface area (Å²) in [5.41, 5.74) is 1.18. The van der Waals surface area contributed by atoms with E-state index in [9.17, 15) is 4.79 Å². The molecular formula is C19H24N4O2. The van der Waals surface area contributed by atoms with Crippen LogP contribution < -0.4 is 4.74 Å². The monoisotopic (exact) mass is 340 g/mol. The molecule has 2 saturated heterocycles. The number of amides is 1. The van der Waals surface area contributed by atoms with Crippen LogP contribution in [0.1, 0.15) is 43.7 Å². The quantitative estimate of drug-likeness (QED) is 0.839. The zero-order valence-corrected chi connectivity index (χ0v) is 14.5. The Kier molecular flexibility index (Phi) is 4.42. The molecule has 6 heteroatoms. The van der Waals surface area contributed by atoms with Crippen molar-refractivity contribution in [3.63, 3.8) is 0 Å². The lowest BCUT2D eigenvalue weighted by atomic mass is 9.96. The predicted octanol–water partition coefficient (Wildman–Crippen LogP) is 2.61. The minimum absolute atomic E-state index is 0.292. The zero-order valence-electron chi connectivity index (χ0n) is 14.5. The highest BCUT2D eigenvalue weighted by molar-refractivity contribution is 5.77. The Balaban J connectivity index is 1.36. The van der Waals surface area contributed by atoms with E-state index in [1.807, 2.05) is 28.9 Å². The molecule has 2 fully saturated rings. The average Bonchev–Trinajstić information content (AvgIpc) is 3.27. The van der Waals surface area contributed by atoms with Crippen molar-refractivity contribution in [3.05, 3.63) is 42.5 Å². The fraction of sp³-hybridized carbons (Fsp3) is 0.526. The molecule has 2 atom stereocenters. The number of aromatic nitrogens is 3. The van der Waals surface area contributed by atoms with Crippen molar-refractivity contribution in [1.29, 1.82) is 0 Å². The van der Waals surface area contributed by atoms with Gasteiger partial charge in [0.05, 0.1) is 13.2 Å². The molecule has 1 amide bonds. The number of carbonyl (C=O) groups excluding carboxylic acids is 1. The van der Waals surface area contributed by atoms with Crippen molar-refractivity contribution in [2.24, 2.45) is 0 Å². The average molecular weight is 340 g/mol. The second-order valence-corrected chi connectivity index (χ2v) is 7.03. The fourth-order valence-electron chi connectivity index (χ4n) is 4.35. The maximum Gasteiger partial charge on any atom is 0.223 e. The van der Waals surface area contributed by atoms with Gasteiger partial charge in [-0.25, -0.2) is 9.67 Å². The molecule has 2 unspecified atom stereocenters. The van der Waals surface area contributed by atoms with Crippen molar-refractivity contribution >= 4 is 5.91 Å². The van der Waals surface area contributed by atoms with Crippen LogP contribution in [0.25, 0.3) is 0 Å². The molecule has 0 aliphatic carbocycles. The van der Waals surface area contributed by atoms with E-state index in [1.165, 1.54) is 5.56 Å². The molecule has 2 aliphatic heterocycles. The van der Waals surface area contributed by atoms with Crippen LogP contribution in [0.5, 0.6) is 5.75 Å². The third-order valence-electron chi connectivity index (χ3n) is 5.59. The molecule has 2 aliphatic rings. The molecule has 4 rings (SSSR count). The molecule has 2 bridgehead atoms. The highest BCUT2D eigenvalue weighted by Crippen LogP contribution is 2.40. The molecule has 1 aromatic heterocycles. The summed E-state index contributed by atoms with van der Waals surface area (Å²) in [6.07, 6.45) is 8.97. The molecule has 25 heavy (non-hydrogen) atoms. The first-order chi connectivity index (χ1) is 12.2. The first-order valence-corrected chi connectivity index (χ1v) is 9.03. The van der Waals surface area contributed by atoms with Crippen LogP contribution in [0.3, 0.4) is 0 Å². The largest absolute Gasteiger partial charge is 0.497 e. The lowest BCUT2D eigenvalue weighted by Crippen LogP contribution is -2.47. The van der Waals surface area contributed by atoms with E-state index in [-0.39, 0.29) is 0 Å². The van der Waals surface area contributed by atoms with Crippen molar-refractivity contribution in [2.75, 3.05) is 7.11 Å². The fourth-order valence-corrected chi connectivity index (χ4v) is 4.35. The van der Waals surface area contributed by atoms with E-state index < -0.39 is 0 Å². The minimum Gasteiger partial charge on any atom is -0.497 e. The van der Waals surface area contributed by atoms with Gasteiger partial charge in [0, 0.05) is 18.5 Å². The van der Waals surface area contributed by atoms with Gasteiger partial charge in [0.25, 0.3) is 0 Å². The van der Waals surface area contributed by atoms with Crippen molar-refractivity contribution < 1.29 is 9.53 Å². The Morgan fingerprint density at radius 3 is 2.48 bits per heavy atom. The van der Waals surface area contributed by atoms with Gasteiger partial charge in [0.15, 0.2) is 0 Å². The molecule has 132 valence electrons. The Hall–Kier alpha value is -2.37. The summed E-state index contributed by atoms with van der Waals surface area (Å²) < 4.78 is 7.14. The zero-order chi connectivity index (χ0) is 17.2. The summed E-state index contributed by atoms with van der Waals surface area (Å²) in [6.45, 7) is 0. The molecular weight excluding hydrogens is 316 g/mol. The summed E-state index contributed by atoms with van der Waals surface area (Å²) in [4.78, 5) is 19.0. The molecule has 6 nitrogen and oxygen atoms in total. The van der Waals surface area contributed by atoms with Gasteiger partial charge in [0.2, 0.25) is 5.91 Å². The number of benzene rings is 1. The number of hydrogen-bond acceptors (Lipinski definition) is 4. The standard InChI is InChI=1S/C19H24N4O2/c1-25-18-7-2-14(3-8-18)4-9-19(24)23-15-5-6-16(23)11-17(10-15)22-13-20-12-21-22/h2-3,7-8,12-13,15-17H,4-6,9-11H2,1H3. The number of rotatable bonds is 5. The van der Waals surface area contributed by atoms with Crippen molar-refractivity contribution in [2.45, 2.75) is 56.7 Å². The molecule has 0 radical (unpaired) electrons. The van der Waals surface area contributed by atoms with E-state index in [4.69, 9.17) is 4.74 Å². The van der Waals surface area contributed by atoms with E-state index >= 15 is 0 Å². The number of aryl methyl sites for hydroxylation is 1. The smallest absolute Gasteiger partial charge is 0.223 e. The maximum atomic E-state index is 12.8. The van der Waals surface area contributed by atoms with Crippen LogP contribution in [-0.4, -0.2) is 44.8 Å². The molecule has 1 aromatic carbocycles. The van der Waals surface area contributed by atoms with Crippen LogP contribution >= 0.6 is 0 Å². The highest BCUT2D eigenvalue weighted by atomic mass is 16.5. The second-order valence-electron chi connectivity index (χ2n) is 7.03. The third kappa shape index (κ3) is 3.25. The maximum absolute atomic E-state index is 12.8. The van der Waals surface area contributed by atoms with Crippen molar-refractivity contribution in [1.82, 2.24) is 19.7 Å². The van der Waals surface area contributed by atoms with Gasteiger partial charge >= 0.3 is 0 Å². The van der Waals surface area contributed by atoms with Gasteiger partial charge < -0.3 is 9.64 Å². The van der Waals surface area contributed by atoms with Crippen LogP contribution in [0.15, 0.2) is 36.9 Å². The van der Waals surface area contributed by atoms with Crippen LogP contribution in [0.4, 0.5) is 0 Å². The van der Waals surface area contributed by atoms with Gasteiger partial charge in [-0.15, -0.1) is 0 Å². The van der Waals surface area contributed by atoms with Crippen molar-refractivity contribution in [3.8, 4) is 5.75 Å². The number of carbonyl (C=O) groups is 1. The van der Waals surface area contributed by atoms with E-state index in [1.54, 1.807) is 19.8 Å². The van der Waals surface area contributed by atoms with Gasteiger partial charge in [-0.2, -0.15) is 5.10 Å². The van der Waals surface area contributed by atoms with Crippen LogP contribution in [0, 0.1) is 0 Å². The molecule has 0 N–H and O–H groups in total. The summed E-state index contributed by atoms with van der Waals surface area (Å²) in [5, 5.41) is 4.29. The number of ether oxygens (including phenoxy) is 1. The number of hydrogen-bond donors (Lipinski definition) is 0. The summed E-state index contributed by atoms with van der Waals surface area (Å²) >= 11 is 0. The molecule has 2 aromatic rings. The topological polar surface area (TPSA) is 60.2 Å². The normalized spacial score (nSPS) is 25.2. The first kappa shape index (κ1) is 16.1. The summed E-state index contributed by atoms with van der Waals surface area (Å²) in [5.74, 6) is 1.14. The predicted molar refractivity (Wildman–Crippen MR) is 93.3 cm³/mol. The lowest BCUT2D eigenvalue weighted by molar-refractivity contribution is -0.136. The SMILES string of the molecule is COc1ccc(CCC(=O)N2C3CCC2CC(n2cncn2)C3)cc1. The van der Waals surface area contributed by atoms with Gasteiger partial charge in [-0.05, 0) is 49.8 Å². The first-order valence-electron chi connectivity index (χ1n) is 9.03. The van der Waals surface area contributed by atoms with E-state index in [0.29, 0.717) is 30.5 Å². The number of piperidine rings is 1. The third-order valence-corrected chi connectivity index (χ3v) is 5.59. The summed E-state index contributed by atoms with van der Waals surface area (Å²) in [6, 6.07) is 9.08. The molecule has 0 saturated carbocycles. The lowest BCUT2D eigenvalue weighted by Gasteiger charge is -2.39. The molecule has 0 spiro atoms. The summed E-state index contributed by atoms with van der Waals surface area (Å²) in [7, 11) is 1.66. The Labute approximate surface area is 147 Å². The van der Waals surface area contributed by atoms with Gasteiger partial charge in [-0.3, -0.25) is 4.79 Å². The number of methoxy groups -OCH3 is 1. The Bertz CT molecular complexity index is 700. The van der Waals surface area contributed by atoms with Crippen LogP contribution in [0.2, 0.25) is 0 Å². The second kappa shape index (κ2) is 6.86. The highest BCUT2D eigenvalue weighted by Gasteiger charge is 2.43. The van der Waals surface area contributed by atoms with E-state index in [2.05, 4.69) is 15.0 Å². The Morgan fingerprint density at radius 1 is 1.16 bits per heavy atom. The number of nitrogens with zero attached hydrogens (tertiary/aromatic N) is 4. The Morgan fingerprint density at radius 2 is 1.88 bits per heavy atom. The number of fused-ring (bicyclic) bond motifs is 2. The molecule has 3 heterocycles. The minimum atomic E-state index is 0.292. The van der Waals surface area contributed by atoms with E-state index in [0.717, 1.165) is 37.9 Å². The van der Waals surface area contributed by atoms with Crippen LogP contribution in [-0.2, 0) is 11.2 Å². The van der Waals surface area contributed by atoms with Gasteiger partial charge in [0.1, 0.15) is 18.4 Å². The van der Waals surface area contributed by atoms with Gasteiger partial charge in [-0.1, -0.05) is 12.1 Å².